The Bertz CT molecular complexity index is 675. The molecular formula is C13H12N2O4S. The molecule has 0 fully saturated rings. The van der Waals surface area contributed by atoms with E-state index >= 15 is 0 Å². The number of hydrogen-bond acceptors (Lipinski definition) is 5. The number of carboxylic acids is 1. The second kappa shape index (κ2) is 4.75. The van der Waals surface area contributed by atoms with E-state index in [0.29, 0.717) is 29.9 Å². The molecule has 2 aromatic heterocycles. The fraction of sp³-hybridized carbons (Fsp3) is 0.308. The van der Waals surface area contributed by atoms with Crippen molar-refractivity contribution in [3.8, 4) is 0 Å². The Labute approximate surface area is 118 Å². The highest BCUT2D eigenvalue weighted by Crippen LogP contribution is 2.34. The number of carboxylic acid groups (broad SMARTS) is 1. The van der Waals surface area contributed by atoms with Crippen LogP contribution in [0.2, 0.25) is 0 Å². The van der Waals surface area contributed by atoms with Gasteiger partial charge >= 0.3 is 5.97 Å². The van der Waals surface area contributed by atoms with E-state index in [4.69, 9.17) is 4.52 Å². The van der Waals surface area contributed by atoms with E-state index in [1.165, 1.54) is 22.4 Å². The average Bonchev–Trinajstić information content (AvgIpc) is 3.04. The van der Waals surface area contributed by atoms with Gasteiger partial charge < -0.3 is 14.5 Å². The quantitative estimate of drug-likeness (QED) is 0.913. The lowest BCUT2D eigenvalue weighted by atomic mass is 9.99. The SMILES string of the molecule is Cc1oncc1C(=O)N1CCc2sccc2C1C(=O)O. The van der Waals surface area contributed by atoms with Gasteiger partial charge in [-0.05, 0) is 30.4 Å². The van der Waals surface area contributed by atoms with Gasteiger partial charge in [-0.1, -0.05) is 5.16 Å². The van der Waals surface area contributed by atoms with Crippen LogP contribution in [-0.2, 0) is 11.2 Å². The van der Waals surface area contributed by atoms with Crippen LogP contribution in [0.1, 0.15) is 32.6 Å². The maximum Gasteiger partial charge on any atom is 0.331 e. The molecule has 104 valence electrons. The van der Waals surface area contributed by atoms with Crippen molar-refractivity contribution in [2.75, 3.05) is 6.54 Å². The molecule has 1 aliphatic heterocycles. The van der Waals surface area contributed by atoms with Crippen molar-refractivity contribution < 1.29 is 19.2 Å². The summed E-state index contributed by atoms with van der Waals surface area (Å²) in [5, 5.41) is 14.9. The molecule has 3 heterocycles. The lowest BCUT2D eigenvalue weighted by molar-refractivity contribution is -0.142. The molecule has 1 amide bonds. The smallest absolute Gasteiger partial charge is 0.331 e. The Balaban J connectivity index is 2.00. The summed E-state index contributed by atoms with van der Waals surface area (Å²) in [6.07, 6.45) is 2.01. The maximum atomic E-state index is 12.5. The van der Waals surface area contributed by atoms with Gasteiger partial charge in [-0.15, -0.1) is 11.3 Å². The number of nitrogens with zero attached hydrogens (tertiary/aromatic N) is 2. The minimum atomic E-state index is -1.02. The molecular weight excluding hydrogens is 280 g/mol. The zero-order chi connectivity index (χ0) is 14.3. The first-order valence-corrected chi connectivity index (χ1v) is 6.99. The Kier molecular flexibility index (Phi) is 3.06. The van der Waals surface area contributed by atoms with Crippen LogP contribution in [0.15, 0.2) is 22.2 Å². The molecule has 0 saturated heterocycles. The molecule has 0 aromatic carbocycles. The zero-order valence-electron chi connectivity index (χ0n) is 10.7. The van der Waals surface area contributed by atoms with Gasteiger partial charge in [-0.3, -0.25) is 4.79 Å². The predicted molar refractivity (Wildman–Crippen MR) is 70.7 cm³/mol. The molecule has 1 atom stereocenters. The molecule has 7 heteroatoms. The fourth-order valence-corrected chi connectivity index (χ4v) is 3.36. The van der Waals surface area contributed by atoms with E-state index in [0.717, 1.165) is 4.88 Å². The number of rotatable bonds is 2. The second-order valence-corrected chi connectivity index (χ2v) is 5.58. The first-order valence-electron chi connectivity index (χ1n) is 6.11. The summed E-state index contributed by atoms with van der Waals surface area (Å²) in [5.74, 6) is -0.977. The van der Waals surface area contributed by atoms with E-state index < -0.39 is 12.0 Å². The van der Waals surface area contributed by atoms with Crippen LogP contribution in [0.4, 0.5) is 0 Å². The topological polar surface area (TPSA) is 83.6 Å². The van der Waals surface area contributed by atoms with Gasteiger partial charge in [0.25, 0.3) is 5.91 Å². The molecule has 0 spiro atoms. The minimum Gasteiger partial charge on any atom is -0.479 e. The molecule has 1 unspecified atom stereocenters. The molecule has 0 aliphatic carbocycles. The van der Waals surface area contributed by atoms with E-state index in [1.807, 2.05) is 5.38 Å². The summed E-state index contributed by atoms with van der Waals surface area (Å²) in [5.41, 5.74) is 1.02. The molecule has 20 heavy (non-hydrogen) atoms. The van der Waals surface area contributed by atoms with Crippen molar-refractivity contribution in [2.45, 2.75) is 19.4 Å². The standard InChI is InChI=1S/C13H12N2O4S/c1-7-9(6-14-19-7)12(16)15-4-2-10-8(3-5-20-10)11(15)13(17)18/h3,5-6,11H,2,4H2,1H3,(H,17,18). The number of aliphatic carboxylic acids is 1. The first kappa shape index (κ1) is 12.9. The Hall–Kier alpha value is -2.15. The Morgan fingerprint density at radius 2 is 2.35 bits per heavy atom. The number of thiophene rings is 1. The Morgan fingerprint density at radius 3 is 3.00 bits per heavy atom. The highest BCUT2D eigenvalue weighted by atomic mass is 32.1. The number of carbonyl (C=O) groups is 2. The van der Waals surface area contributed by atoms with Gasteiger partial charge in [-0.2, -0.15) is 0 Å². The van der Waals surface area contributed by atoms with Crippen molar-refractivity contribution in [1.82, 2.24) is 10.1 Å². The average molecular weight is 292 g/mol. The molecule has 0 radical (unpaired) electrons. The lowest BCUT2D eigenvalue weighted by Crippen LogP contribution is -2.43. The van der Waals surface area contributed by atoms with Gasteiger partial charge in [0.2, 0.25) is 0 Å². The molecule has 3 rings (SSSR count). The highest BCUT2D eigenvalue weighted by Gasteiger charge is 2.37. The van der Waals surface area contributed by atoms with E-state index in [9.17, 15) is 14.7 Å². The summed E-state index contributed by atoms with van der Waals surface area (Å²) in [4.78, 5) is 26.5. The van der Waals surface area contributed by atoms with Crippen LogP contribution in [0.3, 0.4) is 0 Å². The van der Waals surface area contributed by atoms with Crippen LogP contribution >= 0.6 is 11.3 Å². The molecule has 0 bridgehead atoms. The highest BCUT2D eigenvalue weighted by molar-refractivity contribution is 7.10. The largest absolute Gasteiger partial charge is 0.479 e. The third kappa shape index (κ3) is 1.90. The van der Waals surface area contributed by atoms with Crippen LogP contribution in [0, 0.1) is 6.92 Å². The number of aromatic nitrogens is 1. The predicted octanol–water partition coefficient (Wildman–Crippen LogP) is 1.87. The van der Waals surface area contributed by atoms with Gasteiger partial charge in [0, 0.05) is 11.4 Å². The van der Waals surface area contributed by atoms with Crippen molar-refractivity contribution in [2.24, 2.45) is 0 Å². The van der Waals surface area contributed by atoms with Crippen LogP contribution < -0.4 is 0 Å². The van der Waals surface area contributed by atoms with Crippen LogP contribution in [-0.4, -0.2) is 33.6 Å². The second-order valence-electron chi connectivity index (χ2n) is 4.58. The number of hydrogen-bond donors (Lipinski definition) is 1. The normalized spacial score (nSPS) is 17.9. The number of carbonyl (C=O) groups excluding carboxylic acids is 1. The molecule has 0 saturated carbocycles. The van der Waals surface area contributed by atoms with Crippen molar-refractivity contribution >= 4 is 23.2 Å². The Morgan fingerprint density at radius 1 is 1.55 bits per heavy atom. The van der Waals surface area contributed by atoms with Gasteiger partial charge in [0.05, 0.1) is 6.20 Å². The van der Waals surface area contributed by atoms with E-state index in [1.54, 1.807) is 13.0 Å². The first-order chi connectivity index (χ1) is 9.59. The third-order valence-electron chi connectivity index (χ3n) is 3.44. The summed E-state index contributed by atoms with van der Waals surface area (Å²) >= 11 is 1.53. The summed E-state index contributed by atoms with van der Waals surface area (Å²) in [6, 6.07) is 0.838. The number of amides is 1. The molecule has 6 nitrogen and oxygen atoms in total. The summed E-state index contributed by atoms with van der Waals surface area (Å²) in [6.45, 7) is 2.02. The van der Waals surface area contributed by atoms with Crippen LogP contribution in [0.25, 0.3) is 0 Å². The number of aryl methyl sites for hydroxylation is 1. The zero-order valence-corrected chi connectivity index (χ0v) is 11.5. The third-order valence-corrected chi connectivity index (χ3v) is 4.44. The van der Waals surface area contributed by atoms with Gasteiger partial charge in [0.15, 0.2) is 6.04 Å². The van der Waals surface area contributed by atoms with Crippen LogP contribution in [0.5, 0.6) is 0 Å². The monoisotopic (exact) mass is 292 g/mol. The van der Waals surface area contributed by atoms with Crippen molar-refractivity contribution in [3.63, 3.8) is 0 Å². The van der Waals surface area contributed by atoms with Gasteiger partial charge in [0.1, 0.15) is 11.3 Å². The molecule has 1 aliphatic rings. The van der Waals surface area contributed by atoms with Crippen molar-refractivity contribution in [3.05, 3.63) is 39.4 Å². The lowest BCUT2D eigenvalue weighted by Gasteiger charge is -2.32. The minimum absolute atomic E-state index is 0.315. The fourth-order valence-electron chi connectivity index (χ4n) is 2.46. The van der Waals surface area contributed by atoms with Crippen molar-refractivity contribution in [1.29, 1.82) is 0 Å². The van der Waals surface area contributed by atoms with Gasteiger partial charge in [-0.25, -0.2) is 4.79 Å². The molecule has 2 aromatic rings. The summed E-state index contributed by atoms with van der Waals surface area (Å²) < 4.78 is 4.88. The van der Waals surface area contributed by atoms with E-state index in [-0.39, 0.29) is 5.91 Å². The maximum absolute atomic E-state index is 12.5. The molecule has 1 N–H and O–H groups in total. The van der Waals surface area contributed by atoms with E-state index in [2.05, 4.69) is 5.16 Å². The number of fused-ring (bicyclic) bond motifs is 1. The summed E-state index contributed by atoms with van der Waals surface area (Å²) in [7, 11) is 0.